The first-order valence-corrected chi connectivity index (χ1v) is 44.6. The average Bonchev–Trinajstić information content (AvgIpc) is 4.25. The van der Waals surface area contributed by atoms with Gasteiger partial charge in [0.1, 0.15) is 11.2 Å². The van der Waals surface area contributed by atoms with Crippen molar-refractivity contribution >= 4 is 160 Å². The number of piperidine rings is 2. The Morgan fingerprint density at radius 3 is 1.27 bits per heavy atom. The molecule has 0 spiro atoms. The van der Waals surface area contributed by atoms with Crippen molar-refractivity contribution in [2.75, 3.05) is 4.93 Å². The van der Waals surface area contributed by atoms with Crippen molar-refractivity contribution in [3.05, 3.63) is 52.0 Å². The Balaban J connectivity index is 0.000000192. The number of benzene rings is 2. The molecule has 2 aliphatic carbocycles. The molecule has 23 heteroatoms. The number of aliphatic imine (C=N–C) groups is 2. The standard InChI is InChI=1S/C25H35BN2O4.C19H23BrN2O2.C12H24B2O4.CH3I.CH4.3HI.V/c1-23(2,3)30-22(29)28-18-10-8-15(13-18)21(28)20-14-16-12-17(9-11-19(16)27-20)26-31-24(4,5)25(6,7)32-26;1-19(2,3)24-18(23)22-14-6-4-11(9-14)17(22)16-10-12-8-13(20)5-7-15(12)21-16;1-9(2)10(3,4)16-13(15-9)14-17-11(5,6)12(7,8)18-14;1-2;;;;;/h9,11-12,15,18,21H,8,10,13-14H2,1-7H3;5,7-8,11,14,17H,4,6,9-10H2,1-3H3;1-8H3;1H3;1H4;3*1H;/q;;;;;;;;+3/p-3/t15-,18+,21-;11-,14+,17-;;;;;;;/m00......./s1. The molecular formula is C58H89B3BrI4N4O10V. The molecule has 9 aliphatic rings. The normalized spacial score (nSPS) is 27.8. The van der Waals surface area contributed by atoms with Gasteiger partial charge in [0.05, 0.1) is 57.1 Å². The fraction of sp³-hybridized carbons (Fsp3) is 0.724. The molecule has 4 bridgehead atoms. The Hall–Kier alpha value is 0.259. The van der Waals surface area contributed by atoms with Gasteiger partial charge in [0.25, 0.3) is 0 Å². The summed E-state index contributed by atoms with van der Waals surface area (Å²) in [6, 6.07) is 13.2. The monoisotopic (exact) mass is 1670 g/mol. The SMILES string of the molecule is C.CC(C)(C)OC(=O)N1[C@@H]2CC[C@@H](C2)[C@H]1C1=Nc2ccc(B3OC(C)(C)C(C)(C)O3)cc2C1.CC(C)(C)OC(=O)N1[C@@H]2CC[C@@H](C2)[C@H]1C1=Nc2ccc(Br)cc2C1.CC1(C)OB(B2OC(C)(C)C(C)(C)O2)OC1(C)C.CI.[I][V]([I])[I]. The third kappa shape index (κ3) is 16.0. The van der Waals surface area contributed by atoms with Gasteiger partial charge in [-0.15, -0.1) is 0 Å². The van der Waals surface area contributed by atoms with E-state index in [2.05, 4.69) is 156 Å². The molecule has 2 amide bonds. The molecule has 0 unspecified atom stereocenters. The van der Waals surface area contributed by atoms with Crippen LogP contribution in [0.25, 0.3) is 0 Å². The summed E-state index contributed by atoms with van der Waals surface area (Å²) in [6.07, 6.45) is 7.85. The van der Waals surface area contributed by atoms with Gasteiger partial charge >= 0.3 is 98.2 Å². The Morgan fingerprint density at radius 2 is 0.914 bits per heavy atom. The molecule has 0 aromatic heterocycles. The van der Waals surface area contributed by atoms with E-state index in [0.717, 1.165) is 77.7 Å². The van der Waals surface area contributed by atoms with Gasteiger partial charge in [-0.25, -0.2) is 9.59 Å². The van der Waals surface area contributed by atoms with E-state index in [1.54, 1.807) is 0 Å². The number of nitrogens with zero attached hydrogens (tertiary/aromatic N) is 4. The molecule has 450 valence electrons. The fourth-order valence-electron chi connectivity index (χ4n) is 11.9. The van der Waals surface area contributed by atoms with Crippen LogP contribution in [0.2, 0.25) is 0 Å². The second kappa shape index (κ2) is 26.4. The first kappa shape index (κ1) is 70.3. The maximum atomic E-state index is 13.1. The van der Waals surface area contributed by atoms with Crippen LogP contribution in [0.5, 0.6) is 0 Å². The zero-order valence-corrected chi connectivity index (χ0v) is 62.1. The molecule has 81 heavy (non-hydrogen) atoms. The van der Waals surface area contributed by atoms with Crippen LogP contribution >= 0.6 is 98.5 Å². The molecule has 7 heterocycles. The van der Waals surface area contributed by atoms with Crippen LogP contribution in [0, 0.1) is 11.8 Å². The van der Waals surface area contributed by atoms with Crippen LogP contribution in [0.4, 0.5) is 21.0 Å². The third-order valence-corrected chi connectivity index (χ3v) is 18.3. The summed E-state index contributed by atoms with van der Waals surface area (Å²) in [7, 11) is -1.33. The predicted octanol–water partition coefficient (Wildman–Crippen LogP) is 15.9. The van der Waals surface area contributed by atoms with E-state index in [-0.39, 0.29) is 83.4 Å². The predicted molar refractivity (Wildman–Crippen MR) is 365 cm³/mol. The first-order chi connectivity index (χ1) is 36.8. The average molecular weight is 1670 g/mol. The summed E-state index contributed by atoms with van der Waals surface area (Å²) in [4.78, 5) is 41.4. The summed E-state index contributed by atoms with van der Waals surface area (Å²) in [5.74, 6) is 1.00. The number of carbonyl (C=O) groups is 2. The number of amides is 2. The van der Waals surface area contributed by atoms with Crippen molar-refractivity contribution in [2.45, 2.75) is 252 Å². The van der Waals surface area contributed by atoms with Gasteiger partial charge in [0.2, 0.25) is 0 Å². The number of rotatable bonds is 4. The van der Waals surface area contributed by atoms with Crippen molar-refractivity contribution in [2.24, 2.45) is 21.8 Å². The number of hydrogen-bond donors (Lipinski definition) is 0. The van der Waals surface area contributed by atoms with E-state index in [9.17, 15) is 9.59 Å². The van der Waals surface area contributed by atoms with Crippen LogP contribution in [-0.2, 0) is 55.2 Å². The van der Waals surface area contributed by atoms with E-state index in [0.29, 0.717) is 17.9 Å². The van der Waals surface area contributed by atoms with Crippen LogP contribution in [0.3, 0.4) is 0 Å². The minimum atomic E-state index is -0.498. The van der Waals surface area contributed by atoms with Crippen molar-refractivity contribution in [1.82, 2.24) is 9.80 Å². The quantitative estimate of drug-likeness (QED) is 0.165. The summed E-state index contributed by atoms with van der Waals surface area (Å²) in [6.45, 7) is 36.0. The van der Waals surface area contributed by atoms with E-state index < -0.39 is 25.2 Å². The Kier molecular flexibility index (Phi) is 22.9. The molecule has 6 atom stereocenters. The zero-order valence-electron chi connectivity index (χ0n) is 50.5. The molecule has 2 aromatic carbocycles. The van der Waals surface area contributed by atoms with Gasteiger partial charge in [0.15, 0.2) is 0 Å². The van der Waals surface area contributed by atoms with E-state index in [1.165, 1.54) is 17.5 Å². The zero-order chi connectivity index (χ0) is 59.7. The van der Waals surface area contributed by atoms with E-state index in [1.807, 2.05) is 118 Å². The van der Waals surface area contributed by atoms with Gasteiger partial charge in [-0.05, 0) is 221 Å². The maximum absolute atomic E-state index is 13.1. The first-order valence-electron chi connectivity index (χ1n) is 28.1. The van der Waals surface area contributed by atoms with Gasteiger partial charge in [-0.2, -0.15) is 0 Å². The Morgan fingerprint density at radius 1 is 0.580 bits per heavy atom. The molecule has 0 radical (unpaired) electrons. The summed E-state index contributed by atoms with van der Waals surface area (Å²) >= 11 is 13.1. The number of hydrogen-bond acceptors (Lipinski definition) is 12. The summed E-state index contributed by atoms with van der Waals surface area (Å²) in [5, 5.41) is 0. The van der Waals surface area contributed by atoms with Crippen molar-refractivity contribution in [3.63, 3.8) is 0 Å². The molecule has 2 saturated carbocycles. The van der Waals surface area contributed by atoms with Crippen molar-refractivity contribution < 1.29 is 51.9 Å². The second-order valence-corrected chi connectivity index (χ2v) is 63.7. The fourth-order valence-corrected chi connectivity index (χ4v) is 12.3. The Labute approximate surface area is 546 Å². The molecule has 11 rings (SSSR count). The second-order valence-electron chi connectivity index (χ2n) is 27.4. The molecule has 14 nitrogen and oxygen atoms in total. The molecular weight excluding hydrogens is 1580 g/mol. The molecule has 5 saturated heterocycles. The number of alkyl halides is 1. The number of carbonyl (C=O) groups excluding carboxylic acids is 2. The number of ether oxygens (including phenoxy) is 2. The van der Waals surface area contributed by atoms with Gasteiger partial charge in [-0.3, -0.25) is 19.8 Å². The van der Waals surface area contributed by atoms with Crippen LogP contribution < -0.4 is 5.46 Å². The summed E-state index contributed by atoms with van der Waals surface area (Å²) < 4.78 is 48.9. The van der Waals surface area contributed by atoms with E-state index >= 15 is 0 Å². The van der Waals surface area contributed by atoms with Crippen LogP contribution in [0.15, 0.2) is 50.9 Å². The van der Waals surface area contributed by atoms with Crippen LogP contribution in [-0.4, -0.2) is 128 Å². The van der Waals surface area contributed by atoms with Gasteiger partial charge in [-0.1, -0.05) is 58.1 Å². The van der Waals surface area contributed by atoms with Crippen molar-refractivity contribution in [3.8, 4) is 0 Å². The molecule has 7 aliphatic heterocycles. The molecule has 2 aromatic rings. The summed E-state index contributed by atoms with van der Waals surface area (Å²) in [5.41, 5.74) is 4.56. The molecule has 0 N–H and O–H groups in total. The van der Waals surface area contributed by atoms with E-state index in [4.69, 9.17) is 47.4 Å². The van der Waals surface area contributed by atoms with Crippen LogP contribution in [0.1, 0.15) is 182 Å². The van der Waals surface area contributed by atoms with Gasteiger partial charge in [0, 0.05) is 40.8 Å². The minimum absolute atomic E-state index is 0. The topological polar surface area (TPSA) is 139 Å². The van der Waals surface area contributed by atoms with Gasteiger partial charge < -0.3 is 37.4 Å². The number of halogens is 5. The Bertz CT molecular complexity index is 2590. The molecule has 7 fully saturated rings. The van der Waals surface area contributed by atoms with Crippen molar-refractivity contribution in [1.29, 1.82) is 0 Å². The number of likely N-dealkylation sites (tertiary alicyclic amines) is 2. The number of fused-ring (bicyclic) bond motifs is 6. The third-order valence-electron chi connectivity index (χ3n) is 17.8.